The van der Waals surface area contributed by atoms with Gasteiger partial charge in [-0.1, -0.05) is 6.07 Å². The fraction of sp³-hybridized carbons (Fsp3) is 0.391. The molecule has 1 saturated heterocycles. The van der Waals surface area contributed by atoms with Crippen LogP contribution in [0, 0.1) is 11.6 Å². The summed E-state index contributed by atoms with van der Waals surface area (Å²) in [6, 6.07) is 7.62. The maximum absolute atomic E-state index is 14.7. The minimum Gasteiger partial charge on any atom is -0.382 e. The van der Waals surface area contributed by atoms with Gasteiger partial charge in [0.05, 0.1) is 17.4 Å². The molecule has 0 saturated carbocycles. The smallest absolute Gasteiger partial charge is 0.382 e. The van der Waals surface area contributed by atoms with Crippen molar-refractivity contribution in [2.45, 2.75) is 30.5 Å². The SMILES string of the molecule is C[C@@H](S(=O)N1CCN(c2ccc(C(F)(F)F)cc2)CC1)[C@](O)(Cn1cncn1)c1ccc(F)cc1F. The van der Waals surface area contributed by atoms with Crippen LogP contribution in [0.2, 0.25) is 0 Å². The van der Waals surface area contributed by atoms with E-state index in [1.165, 1.54) is 36.4 Å². The molecule has 3 atom stereocenters. The Kier molecular flexibility index (Phi) is 7.43. The molecule has 2 aromatic carbocycles. The molecule has 36 heavy (non-hydrogen) atoms. The average molecular weight is 530 g/mol. The Morgan fingerprint density at radius 2 is 1.72 bits per heavy atom. The molecule has 2 heterocycles. The van der Waals surface area contributed by atoms with Crippen molar-refractivity contribution in [2.75, 3.05) is 31.1 Å². The van der Waals surface area contributed by atoms with Gasteiger partial charge in [0.15, 0.2) is 0 Å². The zero-order chi connectivity index (χ0) is 26.1. The summed E-state index contributed by atoms with van der Waals surface area (Å²) in [7, 11) is -1.80. The number of aliphatic hydroxyl groups is 1. The van der Waals surface area contributed by atoms with Crippen LogP contribution in [0.1, 0.15) is 18.1 Å². The van der Waals surface area contributed by atoms with Crippen molar-refractivity contribution in [3.05, 3.63) is 77.9 Å². The van der Waals surface area contributed by atoms with E-state index in [9.17, 15) is 31.3 Å². The first-order valence-electron chi connectivity index (χ1n) is 11.1. The molecule has 7 nitrogen and oxygen atoms in total. The summed E-state index contributed by atoms with van der Waals surface area (Å²) in [4.78, 5) is 5.69. The lowest BCUT2D eigenvalue weighted by Crippen LogP contribution is -2.53. The van der Waals surface area contributed by atoms with E-state index >= 15 is 0 Å². The predicted molar refractivity (Wildman–Crippen MR) is 123 cm³/mol. The number of piperazine rings is 1. The molecule has 194 valence electrons. The van der Waals surface area contributed by atoms with Gasteiger partial charge in [0.25, 0.3) is 0 Å². The van der Waals surface area contributed by atoms with E-state index in [0.29, 0.717) is 37.9 Å². The highest BCUT2D eigenvalue weighted by Crippen LogP contribution is 2.34. The summed E-state index contributed by atoms with van der Waals surface area (Å²) in [6.07, 6.45) is -1.86. The first kappa shape index (κ1) is 26.2. The third-order valence-electron chi connectivity index (χ3n) is 6.30. The van der Waals surface area contributed by atoms with Gasteiger partial charge in [-0.3, -0.25) is 0 Å². The van der Waals surface area contributed by atoms with Crippen molar-refractivity contribution in [1.29, 1.82) is 0 Å². The fourth-order valence-electron chi connectivity index (χ4n) is 4.21. The molecule has 3 aromatic rings. The van der Waals surface area contributed by atoms with E-state index in [1.807, 2.05) is 4.90 Å². The molecule has 1 unspecified atom stereocenters. The van der Waals surface area contributed by atoms with E-state index in [1.54, 1.807) is 4.31 Å². The molecule has 1 N–H and O–H groups in total. The third kappa shape index (κ3) is 5.42. The Bertz CT molecular complexity index is 1200. The molecule has 1 aliphatic rings. The van der Waals surface area contributed by atoms with E-state index in [-0.39, 0.29) is 12.1 Å². The van der Waals surface area contributed by atoms with Crippen LogP contribution in [0.5, 0.6) is 0 Å². The summed E-state index contributed by atoms with van der Waals surface area (Å²) < 4.78 is 83.2. The summed E-state index contributed by atoms with van der Waals surface area (Å²) in [5.41, 5.74) is -2.36. The van der Waals surface area contributed by atoms with Crippen LogP contribution < -0.4 is 4.90 Å². The lowest BCUT2D eigenvalue weighted by atomic mass is 9.90. The number of anilines is 1. The van der Waals surface area contributed by atoms with Crippen molar-refractivity contribution < 1.29 is 31.3 Å². The number of hydrogen-bond donors (Lipinski definition) is 1. The van der Waals surface area contributed by atoms with E-state index in [2.05, 4.69) is 10.1 Å². The largest absolute Gasteiger partial charge is 0.416 e. The second-order valence-electron chi connectivity index (χ2n) is 8.52. The minimum absolute atomic E-state index is 0.219. The Morgan fingerprint density at radius 1 is 1.06 bits per heavy atom. The monoisotopic (exact) mass is 529 g/mol. The van der Waals surface area contributed by atoms with Gasteiger partial charge in [0, 0.05) is 43.5 Å². The van der Waals surface area contributed by atoms with Gasteiger partial charge in [0.1, 0.15) is 40.9 Å². The first-order valence-corrected chi connectivity index (χ1v) is 12.2. The van der Waals surface area contributed by atoms with Gasteiger partial charge in [-0.15, -0.1) is 0 Å². The number of hydrogen-bond acceptors (Lipinski definition) is 5. The van der Waals surface area contributed by atoms with Crippen molar-refractivity contribution in [3.8, 4) is 0 Å². The topological polar surface area (TPSA) is 74.5 Å². The standard InChI is InChI=1S/C23H24F5N5O2S/c1-16(22(34,13-32-15-29-14-30-32)20-7-4-18(24)12-21(20)25)36(35)33-10-8-31(9-11-33)19-5-2-17(3-6-19)23(26,27)28/h2-7,12,14-16,34H,8-11,13H2,1H3/t16-,22-,36?/m1/s1. The summed E-state index contributed by atoms with van der Waals surface area (Å²) in [6.45, 7) is 2.60. The lowest BCUT2D eigenvalue weighted by Gasteiger charge is -2.40. The fourth-order valence-corrected chi connectivity index (χ4v) is 5.72. The maximum Gasteiger partial charge on any atom is 0.416 e. The minimum atomic E-state index is -4.42. The second kappa shape index (κ2) is 10.2. The summed E-state index contributed by atoms with van der Waals surface area (Å²) >= 11 is 0. The van der Waals surface area contributed by atoms with Gasteiger partial charge in [0.2, 0.25) is 0 Å². The number of alkyl halides is 3. The lowest BCUT2D eigenvalue weighted by molar-refractivity contribution is -0.137. The molecule has 0 amide bonds. The molecule has 1 aliphatic heterocycles. The average Bonchev–Trinajstić information content (AvgIpc) is 3.35. The predicted octanol–water partition coefficient (Wildman–Crippen LogP) is 3.34. The van der Waals surface area contributed by atoms with Crippen molar-refractivity contribution in [3.63, 3.8) is 0 Å². The molecular formula is C23H24F5N5O2S. The maximum atomic E-state index is 14.7. The number of benzene rings is 2. The molecule has 0 spiro atoms. The van der Waals surface area contributed by atoms with Gasteiger partial charge in [-0.05, 0) is 37.3 Å². The number of aromatic nitrogens is 3. The second-order valence-corrected chi connectivity index (χ2v) is 10.3. The van der Waals surface area contributed by atoms with Gasteiger partial charge in [-0.25, -0.2) is 27.0 Å². The molecule has 0 radical (unpaired) electrons. The van der Waals surface area contributed by atoms with Crippen molar-refractivity contribution in [2.24, 2.45) is 0 Å². The molecule has 0 bridgehead atoms. The van der Waals surface area contributed by atoms with Gasteiger partial charge < -0.3 is 10.0 Å². The normalized spacial score (nSPS) is 18.6. The molecule has 1 fully saturated rings. The van der Waals surface area contributed by atoms with Crippen LogP contribution in [0.15, 0.2) is 55.1 Å². The Hall–Kier alpha value is -2.90. The molecule has 13 heteroatoms. The zero-order valence-corrected chi connectivity index (χ0v) is 20.0. The highest BCUT2D eigenvalue weighted by Gasteiger charge is 2.44. The van der Waals surface area contributed by atoms with Gasteiger partial charge >= 0.3 is 6.18 Å². The quantitative estimate of drug-likeness (QED) is 0.476. The van der Waals surface area contributed by atoms with Crippen LogP contribution in [0.25, 0.3) is 0 Å². The van der Waals surface area contributed by atoms with Crippen LogP contribution >= 0.6 is 0 Å². The van der Waals surface area contributed by atoms with Crippen molar-refractivity contribution in [1.82, 2.24) is 19.1 Å². The molecule has 0 aliphatic carbocycles. The Balaban J connectivity index is 1.50. The number of rotatable bonds is 7. The zero-order valence-electron chi connectivity index (χ0n) is 19.2. The van der Waals surface area contributed by atoms with Crippen LogP contribution in [-0.4, -0.2) is 59.8 Å². The number of halogens is 5. The van der Waals surface area contributed by atoms with Crippen LogP contribution in [0.4, 0.5) is 27.6 Å². The Morgan fingerprint density at radius 3 is 2.28 bits per heavy atom. The summed E-state index contributed by atoms with van der Waals surface area (Å²) in [5, 5.41) is 14.6. The summed E-state index contributed by atoms with van der Waals surface area (Å²) in [5.74, 6) is -1.79. The highest BCUT2D eigenvalue weighted by atomic mass is 32.2. The molecule has 1 aromatic heterocycles. The first-order chi connectivity index (χ1) is 17.0. The van der Waals surface area contributed by atoms with Crippen molar-refractivity contribution >= 4 is 16.7 Å². The van der Waals surface area contributed by atoms with Crippen LogP contribution in [-0.2, 0) is 29.3 Å². The third-order valence-corrected chi connectivity index (χ3v) is 8.16. The van der Waals surface area contributed by atoms with Gasteiger partial charge in [-0.2, -0.15) is 18.3 Å². The molecule has 4 rings (SSSR count). The highest BCUT2D eigenvalue weighted by molar-refractivity contribution is 7.83. The molecular weight excluding hydrogens is 505 g/mol. The Labute approximate surface area is 206 Å². The number of nitrogens with zero attached hydrogens (tertiary/aromatic N) is 5. The van der Waals surface area contributed by atoms with E-state index in [4.69, 9.17) is 0 Å². The van der Waals surface area contributed by atoms with E-state index < -0.39 is 45.2 Å². The van der Waals surface area contributed by atoms with E-state index in [0.717, 1.165) is 24.3 Å². The van der Waals surface area contributed by atoms with Crippen LogP contribution in [0.3, 0.4) is 0 Å².